The second-order valence-corrected chi connectivity index (χ2v) is 8.41. The van der Waals surface area contributed by atoms with Crippen molar-refractivity contribution in [2.24, 2.45) is 17.6 Å². The van der Waals surface area contributed by atoms with E-state index in [2.05, 4.69) is 26.8 Å². The van der Waals surface area contributed by atoms with Crippen LogP contribution in [0.15, 0.2) is 12.1 Å². The van der Waals surface area contributed by atoms with Crippen molar-refractivity contribution in [3.63, 3.8) is 0 Å². The first-order valence-corrected chi connectivity index (χ1v) is 9.22. The maximum atomic E-state index is 10.7. The number of ether oxygens (including phenoxy) is 1. The number of rotatable bonds is 4. The van der Waals surface area contributed by atoms with Gasteiger partial charge in [-0.25, -0.2) is 0 Å². The van der Waals surface area contributed by atoms with Crippen LogP contribution in [-0.2, 0) is 6.42 Å². The van der Waals surface area contributed by atoms with Gasteiger partial charge in [-0.2, -0.15) is 0 Å². The van der Waals surface area contributed by atoms with E-state index in [0.29, 0.717) is 17.6 Å². The Morgan fingerprint density at radius 3 is 2.83 bits per heavy atom. The Labute approximate surface area is 139 Å². The van der Waals surface area contributed by atoms with Crippen molar-refractivity contribution >= 4 is 0 Å². The monoisotopic (exact) mass is 315 g/mol. The maximum Gasteiger partial charge on any atom is 0.127 e. The lowest BCUT2D eigenvalue weighted by Gasteiger charge is -2.61. The number of phenolic OH excluding ortho intramolecular Hbond substituents is 1. The fourth-order valence-corrected chi connectivity index (χ4v) is 5.64. The van der Waals surface area contributed by atoms with Gasteiger partial charge in [-0.05, 0) is 63.1 Å². The largest absolute Gasteiger partial charge is 0.508 e. The SMILES string of the molecule is CCCCCc1cc(O)c2c(c1)OC1(C)CCC3C1C2C3(C)N. The normalized spacial score (nSPS) is 40.1. The Morgan fingerprint density at radius 1 is 1.30 bits per heavy atom. The highest BCUT2D eigenvalue weighted by atomic mass is 16.5. The van der Waals surface area contributed by atoms with Gasteiger partial charge in [0.15, 0.2) is 0 Å². The number of nitrogens with two attached hydrogens (primary N) is 1. The zero-order valence-electron chi connectivity index (χ0n) is 14.6. The molecule has 126 valence electrons. The molecule has 1 aromatic rings. The van der Waals surface area contributed by atoms with Crippen LogP contribution in [0.5, 0.6) is 11.5 Å². The number of hydrogen-bond acceptors (Lipinski definition) is 3. The number of phenols is 1. The molecule has 23 heavy (non-hydrogen) atoms. The first-order valence-electron chi connectivity index (χ1n) is 9.22. The fraction of sp³-hybridized carbons (Fsp3) is 0.700. The molecule has 3 aliphatic rings. The lowest BCUT2D eigenvalue weighted by molar-refractivity contribution is -0.0860. The molecule has 0 amide bonds. The minimum absolute atomic E-state index is 0.101. The quantitative estimate of drug-likeness (QED) is 0.822. The lowest BCUT2D eigenvalue weighted by atomic mass is 9.48. The molecule has 5 atom stereocenters. The molecule has 3 N–H and O–H groups in total. The second kappa shape index (κ2) is 4.89. The summed E-state index contributed by atoms with van der Waals surface area (Å²) in [7, 11) is 0. The number of aromatic hydroxyl groups is 1. The first-order chi connectivity index (χ1) is 10.9. The number of unbranched alkanes of at least 4 members (excludes halogenated alkanes) is 2. The van der Waals surface area contributed by atoms with E-state index in [1.165, 1.54) is 18.4 Å². The average molecular weight is 315 g/mol. The van der Waals surface area contributed by atoms with Gasteiger partial charge in [0.1, 0.15) is 17.1 Å². The van der Waals surface area contributed by atoms with Crippen molar-refractivity contribution in [3.05, 3.63) is 23.3 Å². The van der Waals surface area contributed by atoms with Gasteiger partial charge >= 0.3 is 0 Å². The summed E-state index contributed by atoms with van der Waals surface area (Å²) in [6.07, 6.45) is 6.82. The van der Waals surface area contributed by atoms with Gasteiger partial charge in [0, 0.05) is 22.9 Å². The van der Waals surface area contributed by atoms with Crippen LogP contribution < -0.4 is 10.5 Å². The first kappa shape index (κ1) is 15.3. The molecule has 1 aliphatic heterocycles. The Kier molecular flexibility index (Phi) is 3.26. The Bertz CT molecular complexity index is 639. The Balaban J connectivity index is 1.73. The third kappa shape index (κ3) is 1.98. The summed E-state index contributed by atoms with van der Waals surface area (Å²) in [6, 6.07) is 4.10. The predicted octanol–water partition coefficient (Wildman–Crippen LogP) is 4.12. The van der Waals surface area contributed by atoms with Gasteiger partial charge in [-0.3, -0.25) is 0 Å². The summed E-state index contributed by atoms with van der Waals surface area (Å²) >= 11 is 0. The van der Waals surface area contributed by atoms with Gasteiger partial charge in [0.25, 0.3) is 0 Å². The van der Waals surface area contributed by atoms with E-state index in [0.717, 1.165) is 37.0 Å². The summed E-state index contributed by atoms with van der Waals surface area (Å²) in [5.41, 5.74) is 8.50. The summed E-state index contributed by atoms with van der Waals surface area (Å²) < 4.78 is 6.45. The molecule has 2 aliphatic carbocycles. The Morgan fingerprint density at radius 2 is 2.09 bits per heavy atom. The molecule has 0 bridgehead atoms. The highest BCUT2D eigenvalue weighted by Gasteiger charge is 2.70. The summed E-state index contributed by atoms with van der Waals surface area (Å²) in [5.74, 6) is 2.49. The molecule has 0 aromatic heterocycles. The third-order valence-electron chi connectivity index (χ3n) is 6.82. The van der Waals surface area contributed by atoms with Gasteiger partial charge in [-0.15, -0.1) is 0 Å². The highest BCUT2D eigenvalue weighted by Crippen LogP contribution is 2.69. The van der Waals surface area contributed by atoms with E-state index in [4.69, 9.17) is 10.5 Å². The molecular weight excluding hydrogens is 286 g/mol. The van der Waals surface area contributed by atoms with Crippen LogP contribution >= 0.6 is 0 Å². The zero-order chi connectivity index (χ0) is 16.4. The van der Waals surface area contributed by atoms with E-state index in [1.54, 1.807) is 0 Å². The van der Waals surface area contributed by atoms with Crippen LogP contribution in [0, 0.1) is 11.8 Å². The van der Waals surface area contributed by atoms with Gasteiger partial charge < -0.3 is 15.6 Å². The van der Waals surface area contributed by atoms with Gasteiger partial charge in [0.2, 0.25) is 0 Å². The van der Waals surface area contributed by atoms with Gasteiger partial charge in [-0.1, -0.05) is 19.8 Å². The number of fused-ring (bicyclic) bond motifs is 2. The maximum absolute atomic E-state index is 10.7. The molecule has 0 saturated heterocycles. The second-order valence-electron chi connectivity index (χ2n) is 8.41. The van der Waals surface area contributed by atoms with Crippen molar-refractivity contribution in [1.29, 1.82) is 0 Å². The summed E-state index contributed by atoms with van der Waals surface area (Å²) in [4.78, 5) is 0. The lowest BCUT2D eigenvalue weighted by Crippen LogP contribution is -2.68. The molecule has 0 radical (unpaired) electrons. The van der Waals surface area contributed by atoms with E-state index in [1.807, 2.05) is 6.07 Å². The predicted molar refractivity (Wildman–Crippen MR) is 91.9 cm³/mol. The van der Waals surface area contributed by atoms with Crippen molar-refractivity contribution < 1.29 is 9.84 Å². The molecular formula is C20H29NO2. The highest BCUT2D eigenvalue weighted by molar-refractivity contribution is 5.56. The van der Waals surface area contributed by atoms with Crippen molar-refractivity contribution in [3.8, 4) is 11.5 Å². The van der Waals surface area contributed by atoms with Gasteiger partial charge in [0.05, 0.1) is 0 Å². The topological polar surface area (TPSA) is 55.5 Å². The van der Waals surface area contributed by atoms with E-state index < -0.39 is 0 Å². The molecule has 5 unspecified atom stereocenters. The van der Waals surface area contributed by atoms with Crippen molar-refractivity contribution in [1.82, 2.24) is 0 Å². The van der Waals surface area contributed by atoms with E-state index >= 15 is 0 Å². The molecule has 0 spiro atoms. The molecule has 2 fully saturated rings. The molecule has 2 saturated carbocycles. The molecule has 1 heterocycles. The fourth-order valence-electron chi connectivity index (χ4n) is 5.64. The standard InChI is InChI=1S/C20H29NO2/c1-4-5-6-7-12-10-14(22)16-15(11-12)23-19(2)9-8-13-17(19)18(16)20(13,3)21/h10-11,13,17-18,22H,4-9,21H2,1-3H3. The van der Waals surface area contributed by atoms with Crippen LogP contribution in [0.2, 0.25) is 0 Å². The smallest absolute Gasteiger partial charge is 0.127 e. The summed E-state index contributed by atoms with van der Waals surface area (Å²) in [6.45, 7) is 6.61. The molecule has 3 heteroatoms. The van der Waals surface area contributed by atoms with Crippen LogP contribution in [0.1, 0.15) is 69.9 Å². The minimum atomic E-state index is -0.220. The molecule has 1 aromatic carbocycles. The molecule has 4 rings (SSSR count). The third-order valence-corrected chi connectivity index (χ3v) is 6.82. The molecule has 3 nitrogen and oxygen atoms in total. The van der Waals surface area contributed by atoms with Crippen molar-refractivity contribution in [2.45, 2.75) is 76.4 Å². The van der Waals surface area contributed by atoms with E-state index in [-0.39, 0.29) is 17.1 Å². The van der Waals surface area contributed by atoms with E-state index in [9.17, 15) is 5.11 Å². The van der Waals surface area contributed by atoms with Crippen LogP contribution in [0.25, 0.3) is 0 Å². The summed E-state index contributed by atoms with van der Waals surface area (Å²) in [5, 5.41) is 10.7. The average Bonchev–Trinajstić information content (AvgIpc) is 2.81. The van der Waals surface area contributed by atoms with Crippen LogP contribution in [-0.4, -0.2) is 16.2 Å². The van der Waals surface area contributed by atoms with Crippen molar-refractivity contribution in [2.75, 3.05) is 0 Å². The zero-order valence-corrected chi connectivity index (χ0v) is 14.6. The van der Waals surface area contributed by atoms with Crippen LogP contribution in [0.3, 0.4) is 0 Å². The van der Waals surface area contributed by atoms with Crippen LogP contribution in [0.4, 0.5) is 0 Å². The Hall–Kier alpha value is -1.22. The number of aryl methyl sites for hydroxylation is 1. The number of benzene rings is 1. The minimum Gasteiger partial charge on any atom is -0.508 e. The number of hydrogen-bond donors (Lipinski definition) is 2.